The highest BCUT2D eigenvalue weighted by molar-refractivity contribution is 7.89. The predicted molar refractivity (Wildman–Crippen MR) is 164 cm³/mol. The molecule has 3 aromatic carbocycles. The minimum Gasteiger partial charge on any atom is -0.353 e. The molecule has 1 fully saturated rings. The second-order valence-corrected chi connectivity index (χ2v) is 12.8. The van der Waals surface area contributed by atoms with Crippen LogP contribution in [0, 0.1) is 24.0 Å². The summed E-state index contributed by atoms with van der Waals surface area (Å²) in [7, 11) is -3.98. The second-order valence-electron chi connectivity index (χ2n) is 10.4. The van der Waals surface area contributed by atoms with Crippen molar-refractivity contribution in [1.82, 2.24) is 24.1 Å². The molecular weight excluding hydrogens is 590 g/mol. The van der Waals surface area contributed by atoms with Gasteiger partial charge in [0.2, 0.25) is 10.0 Å². The highest BCUT2D eigenvalue weighted by Gasteiger charge is 2.32. The van der Waals surface area contributed by atoms with Crippen LogP contribution in [-0.4, -0.2) is 63.6 Å². The predicted octanol–water partition coefficient (Wildman–Crippen LogP) is 5.10. The summed E-state index contributed by atoms with van der Waals surface area (Å²) in [5, 5.41) is 16.9. The maximum Gasteiger partial charge on any atom is 0.289 e. The van der Waals surface area contributed by atoms with Gasteiger partial charge in [-0.2, -0.15) is 9.40 Å². The van der Waals surface area contributed by atoms with E-state index in [0.29, 0.717) is 36.8 Å². The number of piperazine rings is 1. The van der Waals surface area contributed by atoms with Gasteiger partial charge in [0.25, 0.3) is 5.69 Å². The molecule has 0 amide bonds. The van der Waals surface area contributed by atoms with Crippen LogP contribution >= 0.6 is 11.6 Å². The Bertz CT molecular complexity index is 1940. The summed E-state index contributed by atoms with van der Waals surface area (Å²) in [6.45, 7) is 5.02. The topological polar surface area (TPSA) is 127 Å². The number of rotatable bonds is 7. The number of anilines is 1. The molecule has 220 valence electrons. The summed E-state index contributed by atoms with van der Waals surface area (Å²) in [6, 6.07) is 21.6. The van der Waals surface area contributed by atoms with E-state index in [-0.39, 0.29) is 23.0 Å². The van der Waals surface area contributed by atoms with Crippen molar-refractivity contribution in [1.29, 1.82) is 0 Å². The number of aromatic nitrogens is 4. The van der Waals surface area contributed by atoms with Crippen molar-refractivity contribution in [3.8, 4) is 5.69 Å². The molecule has 1 aliphatic heterocycles. The number of nitrogens with zero attached hydrogens (tertiary/aromatic N) is 7. The van der Waals surface area contributed by atoms with Crippen molar-refractivity contribution in [2.45, 2.75) is 25.2 Å². The summed E-state index contributed by atoms with van der Waals surface area (Å²) in [4.78, 5) is 22.5. The molecule has 0 saturated carbocycles. The summed E-state index contributed by atoms with van der Waals surface area (Å²) in [5.74, 6) is 1.33. The van der Waals surface area contributed by atoms with Gasteiger partial charge >= 0.3 is 0 Å². The van der Waals surface area contributed by atoms with Crippen molar-refractivity contribution in [2.24, 2.45) is 0 Å². The first-order chi connectivity index (χ1) is 20.6. The largest absolute Gasteiger partial charge is 0.353 e. The SMILES string of the molecule is Cc1ccc(Cc2nc(N3CCN(S(=O)(=O)c4ccc(Cl)c([N+](=O)[O-])c4)CC3)c3c(C)nn(-c4ccccc4)c3n2)cc1. The first-order valence-electron chi connectivity index (χ1n) is 13.7. The molecule has 0 radical (unpaired) electrons. The standard InChI is InChI=1S/C30H28ClN7O4S/c1-20-8-10-22(11-9-20)18-27-32-29(28-21(2)34-37(30(28)33-27)23-6-4-3-5-7-23)35-14-16-36(17-15-35)43(41,42)24-12-13-25(31)26(19-24)38(39)40/h3-13,19H,14-18H2,1-2H3. The highest BCUT2D eigenvalue weighted by Crippen LogP contribution is 2.32. The Morgan fingerprint density at radius 2 is 1.63 bits per heavy atom. The van der Waals surface area contributed by atoms with Crippen LogP contribution in [-0.2, 0) is 16.4 Å². The molecule has 11 nitrogen and oxygen atoms in total. The molecule has 0 N–H and O–H groups in total. The summed E-state index contributed by atoms with van der Waals surface area (Å²) < 4.78 is 30.0. The third-order valence-corrected chi connectivity index (χ3v) is 9.72. The van der Waals surface area contributed by atoms with Crippen LogP contribution in [0.5, 0.6) is 0 Å². The molecule has 2 aromatic heterocycles. The number of nitro benzene ring substituents is 1. The number of hydrogen-bond acceptors (Lipinski definition) is 8. The van der Waals surface area contributed by atoms with Crippen molar-refractivity contribution in [2.75, 3.05) is 31.1 Å². The van der Waals surface area contributed by atoms with Gasteiger partial charge in [-0.1, -0.05) is 59.6 Å². The van der Waals surface area contributed by atoms with Gasteiger partial charge in [0.1, 0.15) is 16.7 Å². The van der Waals surface area contributed by atoms with Crippen LogP contribution in [0.2, 0.25) is 5.02 Å². The fraction of sp³-hybridized carbons (Fsp3) is 0.233. The quantitative estimate of drug-likeness (QED) is 0.182. The van der Waals surface area contributed by atoms with Gasteiger partial charge < -0.3 is 4.90 Å². The van der Waals surface area contributed by atoms with Gasteiger partial charge in [-0.25, -0.2) is 23.1 Å². The maximum atomic E-state index is 13.4. The van der Waals surface area contributed by atoms with E-state index in [1.165, 1.54) is 22.0 Å². The van der Waals surface area contributed by atoms with E-state index in [1.54, 1.807) is 0 Å². The Hall–Kier alpha value is -4.39. The molecule has 0 atom stereocenters. The van der Waals surface area contributed by atoms with Gasteiger partial charge in [0.05, 0.1) is 26.6 Å². The Balaban J connectivity index is 1.35. The smallest absolute Gasteiger partial charge is 0.289 e. The first-order valence-corrected chi connectivity index (χ1v) is 15.5. The normalized spacial score (nSPS) is 14.3. The lowest BCUT2D eigenvalue weighted by Crippen LogP contribution is -2.49. The van der Waals surface area contributed by atoms with E-state index in [2.05, 4.69) is 29.2 Å². The number of fused-ring (bicyclic) bond motifs is 1. The van der Waals surface area contributed by atoms with Crippen LogP contribution in [0.3, 0.4) is 0 Å². The van der Waals surface area contributed by atoms with E-state index >= 15 is 0 Å². The van der Waals surface area contributed by atoms with Crippen LogP contribution < -0.4 is 4.90 Å². The van der Waals surface area contributed by atoms with Gasteiger partial charge in [0, 0.05) is 38.7 Å². The lowest BCUT2D eigenvalue weighted by molar-refractivity contribution is -0.384. The number of para-hydroxylation sites is 1. The van der Waals surface area contributed by atoms with E-state index in [1.807, 2.05) is 48.9 Å². The van der Waals surface area contributed by atoms with Crippen LogP contribution in [0.25, 0.3) is 16.7 Å². The van der Waals surface area contributed by atoms with Gasteiger partial charge in [-0.05, 0) is 43.7 Å². The first kappa shape index (κ1) is 28.7. The monoisotopic (exact) mass is 617 g/mol. The molecular formula is C30H28ClN7O4S. The minimum absolute atomic E-state index is 0.116. The molecule has 5 aromatic rings. The number of sulfonamides is 1. The number of aryl methyl sites for hydroxylation is 2. The summed E-state index contributed by atoms with van der Waals surface area (Å²) >= 11 is 5.91. The van der Waals surface area contributed by atoms with E-state index < -0.39 is 20.6 Å². The molecule has 0 bridgehead atoms. The zero-order chi connectivity index (χ0) is 30.3. The zero-order valence-corrected chi connectivity index (χ0v) is 25.1. The number of benzene rings is 3. The van der Waals surface area contributed by atoms with Crippen LogP contribution in [0.15, 0.2) is 77.7 Å². The number of nitro groups is 1. The van der Waals surface area contributed by atoms with E-state index in [4.69, 9.17) is 26.7 Å². The van der Waals surface area contributed by atoms with Crippen LogP contribution in [0.1, 0.15) is 22.6 Å². The Kier molecular flexibility index (Phi) is 7.59. The zero-order valence-electron chi connectivity index (χ0n) is 23.5. The molecule has 13 heteroatoms. The average molecular weight is 618 g/mol. The Morgan fingerprint density at radius 3 is 2.30 bits per heavy atom. The van der Waals surface area contributed by atoms with Gasteiger partial charge in [0.15, 0.2) is 5.65 Å². The molecule has 6 rings (SSSR count). The Morgan fingerprint density at radius 1 is 0.930 bits per heavy atom. The summed E-state index contributed by atoms with van der Waals surface area (Å²) in [5.41, 5.74) is 4.11. The molecule has 0 spiro atoms. The third-order valence-electron chi connectivity index (χ3n) is 7.50. The average Bonchev–Trinajstić information content (AvgIpc) is 3.34. The minimum atomic E-state index is -3.98. The number of halogens is 1. The lowest BCUT2D eigenvalue weighted by Gasteiger charge is -2.35. The third kappa shape index (κ3) is 5.56. The van der Waals surface area contributed by atoms with Gasteiger partial charge in [-0.15, -0.1) is 0 Å². The summed E-state index contributed by atoms with van der Waals surface area (Å²) in [6.07, 6.45) is 0.520. The number of hydrogen-bond donors (Lipinski definition) is 0. The van der Waals surface area contributed by atoms with Crippen molar-refractivity contribution in [3.05, 3.63) is 111 Å². The molecule has 1 aliphatic rings. The maximum absolute atomic E-state index is 13.4. The van der Waals surface area contributed by atoms with Crippen molar-refractivity contribution in [3.63, 3.8) is 0 Å². The van der Waals surface area contributed by atoms with E-state index in [9.17, 15) is 18.5 Å². The second kappa shape index (κ2) is 11.4. The molecule has 43 heavy (non-hydrogen) atoms. The molecule has 0 aliphatic carbocycles. The fourth-order valence-corrected chi connectivity index (χ4v) is 6.86. The molecule has 0 unspecified atom stereocenters. The fourth-order valence-electron chi connectivity index (χ4n) is 5.23. The highest BCUT2D eigenvalue weighted by atomic mass is 35.5. The lowest BCUT2D eigenvalue weighted by atomic mass is 10.1. The molecule has 3 heterocycles. The van der Waals surface area contributed by atoms with Crippen molar-refractivity contribution < 1.29 is 13.3 Å². The van der Waals surface area contributed by atoms with E-state index in [0.717, 1.165) is 28.4 Å². The van der Waals surface area contributed by atoms with Gasteiger partial charge in [-0.3, -0.25) is 10.1 Å². The Labute approximate surface area is 253 Å². The molecule has 1 saturated heterocycles. The van der Waals surface area contributed by atoms with Crippen LogP contribution in [0.4, 0.5) is 11.5 Å². The van der Waals surface area contributed by atoms with Crippen molar-refractivity contribution >= 4 is 44.2 Å².